The number of aromatic nitrogens is 2. The van der Waals surface area contributed by atoms with E-state index in [1.807, 2.05) is 49.3 Å². The summed E-state index contributed by atoms with van der Waals surface area (Å²) < 4.78 is 13.8. The summed E-state index contributed by atoms with van der Waals surface area (Å²) in [7, 11) is 4.01. The molecule has 6 heteroatoms. The van der Waals surface area contributed by atoms with E-state index in [0.717, 1.165) is 48.0 Å². The Balaban J connectivity index is 1.35. The fraction of sp³-hybridized carbons (Fsp3) is 0.391. The summed E-state index contributed by atoms with van der Waals surface area (Å²) in [4.78, 5) is 11.5. The van der Waals surface area contributed by atoms with Gasteiger partial charge < -0.3 is 15.5 Å². The van der Waals surface area contributed by atoms with Crippen molar-refractivity contribution in [1.82, 2.24) is 15.3 Å². The van der Waals surface area contributed by atoms with Gasteiger partial charge in [0.2, 0.25) is 5.95 Å². The van der Waals surface area contributed by atoms with Crippen molar-refractivity contribution in [3.8, 4) is 0 Å². The van der Waals surface area contributed by atoms with E-state index in [1.165, 1.54) is 6.07 Å². The van der Waals surface area contributed by atoms with Crippen LogP contribution in [0.2, 0.25) is 0 Å². The van der Waals surface area contributed by atoms with E-state index in [4.69, 9.17) is 9.97 Å². The number of nitrogens with one attached hydrogen (secondary N) is 2. The molecule has 152 valence electrons. The lowest BCUT2D eigenvalue weighted by Gasteiger charge is -2.30. The maximum atomic E-state index is 13.8. The second-order valence-corrected chi connectivity index (χ2v) is 7.95. The van der Waals surface area contributed by atoms with Crippen LogP contribution < -0.4 is 15.5 Å². The summed E-state index contributed by atoms with van der Waals surface area (Å²) in [5, 5.41) is 8.10. The Morgan fingerprint density at radius 3 is 2.38 bits per heavy atom. The maximum Gasteiger partial charge on any atom is 0.225 e. The topological polar surface area (TPSA) is 53.1 Å². The predicted molar refractivity (Wildman–Crippen MR) is 117 cm³/mol. The number of anilines is 2. The minimum atomic E-state index is -0.138. The third-order valence-electron chi connectivity index (χ3n) is 5.61. The molecule has 0 saturated heterocycles. The van der Waals surface area contributed by atoms with Crippen LogP contribution in [0.15, 0.2) is 48.5 Å². The van der Waals surface area contributed by atoms with Gasteiger partial charge in [0.25, 0.3) is 0 Å². The summed E-state index contributed by atoms with van der Waals surface area (Å²) in [5.41, 5.74) is 1.68. The molecule has 1 heterocycles. The first-order valence-corrected chi connectivity index (χ1v) is 10.3. The van der Waals surface area contributed by atoms with Crippen LogP contribution >= 0.6 is 0 Å². The van der Waals surface area contributed by atoms with Gasteiger partial charge >= 0.3 is 0 Å². The quantitative estimate of drug-likeness (QED) is 0.652. The third-order valence-corrected chi connectivity index (χ3v) is 5.61. The van der Waals surface area contributed by atoms with Crippen LogP contribution in [-0.4, -0.2) is 36.1 Å². The highest BCUT2D eigenvalue weighted by molar-refractivity contribution is 5.90. The van der Waals surface area contributed by atoms with E-state index < -0.39 is 0 Å². The summed E-state index contributed by atoms with van der Waals surface area (Å²) in [6, 6.07) is 15.9. The van der Waals surface area contributed by atoms with Crippen molar-refractivity contribution < 1.29 is 4.39 Å². The molecule has 0 spiro atoms. The minimum Gasteiger partial charge on any atom is -0.362 e. The van der Waals surface area contributed by atoms with Gasteiger partial charge in [-0.1, -0.05) is 30.3 Å². The van der Waals surface area contributed by atoms with Crippen LogP contribution in [-0.2, 0) is 6.54 Å². The molecule has 0 bridgehead atoms. The smallest absolute Gasteiger partial charge is 0.225 e. The van der Waals surface area contributed by atoms with Gasteiger partial charge in [0, 0.05) is 43.7 Å². The van der Waals surface area contributed by atoms with Crippen LogP contribution in [0, 0.1) is 5.82 Å². The molecule has 1 aliphatic carbocycles. The Kier molecular flexibility index (Phi) is 5.90. The van der Waals surface area contributed by atoms with Crippen molar-refractivity contribution in [2.45, 2.75) is 44.3 Å². The molecule has 29 heavy (non-hydrogen) atoms. The van der Waals surface area contributed by atoms with E-state index in [-0.39, 0.29) is 5.82 Å². The number of hydrogen-bond donors (Lipinski definition) is 2. The Hall–Kier alpha value is -2.73. The van der Waals surface area contributed by atoms with E-state index in [1.54, 1.807) is 6.07 Å². The van der Waals surface area contributed by atoms with Gasteiger partial charge in [-0.05, 0) is 43.9 Å². The first kappa shape index (κ1) is 19.6. The number of fused-ring (bicyclic) bond motifs is 1. The predicted octanol–water partition coefficient (Wildman–Crippen LogP) is 4.35. The van der Waals surface area contributed by atoms with E-state index >= 15 is 0 Å². The number of rotatable bonds is 6. The van der Waals surface area contributed by atoms with Crippen LogP contribution in [0.4, 0.5) is 16.2 Å². The zero-order chi connectivity index (χ0) is 20.2. The van der Waals surface area contributed by atoms with E-state index in [2.05, 4.69) is 16.7 Å². The first-order valence-electron chi connectivity index (χ1n) is 10.3. The lowest BCUT2D eigenvalue weighted by molar-refractivity contribution is 0.350. The lowest BCUT2D eigenvalue weighted by atomic mass is 9.91. The van der Waals surface area contributed by atoms with Gasteiger partial charge in [-0.2, -0.15) is 4.98 Å². The second kappa shape index (κ2) is 8.74. The highest BCUT2D eigenvalue weighted by Gasteiger charge is 2.22. The van der Waals surface area contributed by atoms with Gasteiger partial charge in [0.05, 0.1) is 5.52 Å². The SMILES string of the molecule is CN(C)c1nc(NC2CCC(NCc3ccccc3F)CC2)nc2ccccc12. The molecule has 2 N–H and O–H groups in total. The fourth-order valence-electron chi connectivity index (χ4n) is 3.99. The lowest BCUT2D eigenvalue weighted by Crippen LogP contribution is -2.37. The summed E-state index contributed by atoms with van der Waals surface area (Å²) in [6.07, 6.45) is 4.20. The monoisotopic (exact) mass is 393 g/mol. The largest absolute Gasteiger partial charge is 0.362 e. The molecule has 0 radical (unpaired) electrons. The Morgan fingerprint density at radius 1 is 0.931 bits per heavy atom. The van der Waals surface area contributed by atoms with Crippen molar-refractivity contribution in [3.63, 3.8) is 0 Å². The van der Waals surface area contributed by atoms with Gasteiger partial charge in [0.15, 0.2) is 0 Å². The molecule has 1 aliphatic rings. The van der Waals surface area contributed by atoms with E-state index in [9.17, 15) is 4.39 Å². The Labute approximate surface area is 171 Å². The molecular formula is C23H28FN5. The zero-order valence-electron chi connectivity index (χ0n) is 17.0. The van der Waals surface area contributed by atoms with E-state index in [0.29, 0.717) is 24.6 Å². The molecular weight excluding hydrogens is 365 g/mol. The molecule has 2 aromatic carbocycles. The average molecular weight is 394 g/mol. The summed E-state index contributed by atoms with van der Waals surface area (Å²) >= 11 is 0. The van der Waals surface area contributed by atoms with Crippen LogP contribution in [0.3, 0.4) is 0 Å². The highest BCUT2D eigenvalue weighted by Crippen LogP contribution is 2.26. The Bertz CT molecular complexity index is 966. The van der Waals surface area contributed by atoms with Crippen molar-refractivity contribution in [3.05, 3.63) is 59.9 Å². The minimum absolute atomic E-state index is 0.138. The zero-order valence-corrected chi connectivity index (χ0v) is 17.0. The molecule has 4 rings (SSSR count). The number of para-hydroxylation sites is 1. The van der Waals surface area contributed by atoms with Crippen molar-refractivity contribution in [2.24, 2.45) is 0 Å². The van der Waals surface area contributed by atoms with Gasteiger partial charge in [0.1, 0.15) is 11.6 Å². The molecule has 0 unspecified atom stereocenters. The van der Waals surface area contributed by atoms with Crippen molar-refractivity contribution in [1.29, 1.82) is 0 Å². The molecule has 1 saturated carbocycles. The Morgan fingerprint density at radius 2 is 1.62 bits per heavy atom. The van der Waals surface area contributed by atoms with Gasteiger partial charge in [-0.3, -0.25) is 0 Å². The molecule has 1 aromatic heterocycles. The average Bonchev–Trinajstić information content (AvgIpc) is 2.73. The fourth-order valence-corrected chi connectivity index (χ4v) is 3.99. The molecule has 0 atom stereocenters. The number of hydrogen-bond acceptors (Lipinski definition) is 5. The normalized spacial score (nSPS) is 19.3. The maximum absolute atomic E-state index is 13.8. The standard InChI is InChI=1S/C23H28FN5/c1-29(2)22-19-8-4-6-10-21(19)27-23(28-22)26-18-13-11-17(12-14-18)25-15-16-7-3-5-9-20(16)24/h3-10,17-18,25H,11-15H2,1-2H3,(H,26,27,28). The number of halogens is 1. The highest BCUT2D eigenvalue weighted by atomic mass is 19.1. The first-order chi connectivity index (χ1) is 14.1. The summed E-state index contributed by atoms with van der Waals surface area (Å²) in [6.45, 7) is 0.579. The summed E-state index contributed by atoms with van der Waals surface area (Å²) in [5.74, 6) is 1.48. The van der Waals surface area contributed by atoms with Crippen LogP contribution in [0.25, 0.3) is 10.9 Å². The molecule has 3 aromatic rings. The van der Waals surface area contributed by atoms with Crippen LogP contribution in [0.1, 0.15) is 31.2 Å². The van der Waals surface area contributed by atoms with Crippen molar-refractivity contribution >= 4 is 22.7 Å². The van der Waals surface area contributed by atoms with Crippen LogP contribution in [0.5, 0.6) is 0 Å². The second-order valence-electron chi connectivity index (χ2n) is 7.95. The third kappa shape index (κ3) is 4.65. The van der Waals surface area contributed by atoms with Gasteiger partial charge in [-0.25, -0.2) is 9.37 Å². The molecule has 5 nitrogen and oxygen atoms in total. The number of benzene rings is 2. The van der Waals surface area contributed by atoms with Crippen molar-refractivity contribution in [2.75, 3.05) is 24.3 Å². The molecule has 0 amide bonds. The number of nitrogens with zero attached hydrogens (tertiary/aromatic N) is 3. The van der Waals surface area contributed by atoms with Gasteiger partial charge in [-0.15, -0.1) is 0 Å². The molecule has 1 fully saturated rings. The molecule has 0 aliphatic heterocycles.